The molecule has 15 heavy (non-hydrogen) atoms. The summed E-state index contributed by atoms with van der Waals surface area (Å²) in [6.45, 7) is 1.58. The van der Waals surface area contributed by atoms with E-state index in [-0.39, 0.29) is 5.78 Å². The van der Waals surface area contributed by atoms with E-state index in [1.165, 1.54) is 6.33 Å². The second-order valence-electron chi connectivity index (χ2n) is 3.47. The third-order valence-electron chi connectivity index (χ3n) is 2.30. The Kier molecular flexibility index (Phi) is 2.56. The molecule has 0 aliphatic carbocycles. The minimum atomic E-state index is 0.132. The number of aryl methyl sites for hydroxylation is 1. The van der Waals surface area contributed by atoms with Gasteiger partial charge in [0.15, 0.2) is 0 Å². The molecule has 0 spiro atoms. The van der Waals surface area contributed by atoms with Crippen molar-refractivity contribution in [1.82, 2.24) is 14.5 Å². The number of carbonyl (C=O) groups is 1. The highest BCUT2D eigenvalue weighted by molar-refractivity contribution is 9.10. The normalized spacial score (nSPS) is 10.9. The lowest BCUT2D eigenvalue weighted by atomic mass is 10.1. The molecule has 0 amide bonds. The van der Waals surface area contributed by atoms with E-state index in [0.29, 0.717) is 6.42 Å². The van der Waals surface area contributed by atoms with Crippen LogP contribution in [0, 0.1) is 0 Å². The first kappa shape index (κ1) is 10.3. The van der Waals surface area contributed by atoms with E-state index in [4.69, 9.17) is 0 Å². The van der Waals surface area contributed by atoms with Crippen LogP contribution in [-0.4, -0.2) is 20.3 Å². The van der Waals surface area contributed by atoms with E-state index in [1.54, 1.807) is 13.1 Å². The number of hydrogen-bond donors (Lipinski definition) is 0. The molecule has 4 nitrogen and oxygen atoms in total. The van der Waals surface area contributed by atoms with Crippen molar-refractivity contribution in [2.75, 3.05) is 0 Å². The van der Waals surface area contributed by atoms with Crippen LogP contribution in [0.2, 0.25) is 0 Å². The molecule has 0 unspecified atom stereocenters. The number of carbonyl (C=O) groups excluding carboxylic acids is 1. The van der Waals surface area contributed by atoms with Crippen molar-refractivity contribution < 1.29 is 4.79 Å². The topological polar surface area (TPSA) is 47.8 Å². The molecule has 0 bridgehead atoms. The summed E-state index contributed by atoms with van der Waals surface area (Å²) >= 11 is 3.46. The van der Waals surface area contributed by atoms with Gasteiger partial charge in [-0.3, -0.25) is 4.79 Å². The smallest absolute Gasteiger partial charge is 0.144 e. The molecule has 0 radical (unpaired) electrons. The van der Waals surface area contributed by atoms with Gasteiger partial charge in [0.2, 0.25) is 0 Å². The van der Waals surface area contributed by atoms with Crippen LogP contribution in [0.15, 0.2) is 17.1 Å². The molecule has 5 heteroatoms. The summed E-state index contributed by atoms with van der Waals surface area (Å²) in [7, 11) is 1.91. The van der Waals surface area contributed by atoms with Gasteiger partial charge in [0.05, 0.1) is 4.60 Å². The van der Waals surface area contributed by atoms with Gasteiger partial charge in [-0.1, -0.05) is 0 Å². The Morgan fingerprint density at radius 2 is 2.33 bits per heavy atom. The Morgan fingerprint density at radius 1 is 1.60 bits per heavy atom. The Balaban J connectivity index is 2.72. The van der Waals surface area contributed by atoms with Crippen LogP contribution in [-0.2, 0) is 18.3 Å². The van der Waals surface area contributed by atoms with Gasteiger partial charge < -0.3 is 4.57 Å². The zero-order chi connectivity index (χ0) is 11.0. The van der Waals surface area contributed by atoms with Crippen molar-refractivity contribution in [2.45, 2.75) is 13.3 Å². The molecule has 0 aromatic carbocycles. The lowest BCUT2D eigenvalue weighted by molar-refractivity contribution is -0.116. The van der Waals surface area contributed by atoms with Crippen molar-refractivity contribution in [2.24, 2.45) is 7.05 Å². The van der Waals surface area contributed by atoms with Gasteiger partial charge in [0, 0.05) is 30.6 Å². The van der Waals surface area contributed by atoms with Crippen LogP contribution in [0.25, 0.3) is 11.0 Å². The third-order valence-corrected chi connectivity index (χ3v) is 3.31. The Bertz CT molecular complexity index is 533. The Morgan fingerprint density at radius 3 is 3.00 bits per heavy atom. The number of hydrogen-bond acceptors (Lipinski definition) is 3. The van der Waals surface area contributed by atoms with Gasteiger partial charge in [-0.05, 0) is 22.9 Å². The zero-order valence-electron chi connectivity index (χ0n) is 8.49. The number of Topliss-reactive ketones (excluding diaryl/α,β-unsaturated/α-hetero) is 1. The minimum Gasteiger partial charge on any atom is -0.323 e. The van der Waals surface area contributed by atoms with Crippen molar-refractivity contribution in [3.05, 3.63) is 22.7 Å². The fourth-order valence-corrected chi connectivity index (χ4v) is 2.15. The van der Waals surface area contributed by atoms with Crippen molar-refractivity contribution >= 4 is 32.7 Å². The molecule has 0 atom stereocenters. The van der Waals surface area contributed by atoms with Crippen LogP contribution in [0.5, 0.6) is 0 Å². The monoisotopic (exact) mass is 267 g/mol. The maximum absolute atomic E-state index is 11.1. The highest BCUT2D eigenvalue weighted by atomic mass is 79.9. The van der Waals surface area contributed by atoms with Crippen molar-refractivity contribution in [1.29, 1.82) is 0 Å². The summed E-state index contributed by atoms with van der Waals surface area (Å²) in [6.07, 6.45) is 3.66. The summed E-state index contributed by atoms with van der Waals surface area (Å²) < 4.78 is 2.81. The van der Waals surface area contributed by atoms with Gasteiger partial charge >= 0.3 is 0 Å². The predicted octanol–water partition coefficient (Wildman–Crippen LogP) is 1.86. The fourth-order valence-electron chi connectivity index (χ4n) is 1.63. The first-order chi connectivity index (χ1) is 7.11. The average molecular weight is 268 g/mol. The fraction of sp³-hybridized carbons (Fsp3) is 0.300. The van der Waals surface area contributed by atoms with Gasteiger partial charge in [-0.2, -0.15) is 0 Å². The van der Waals surface area contributed by atoms with E-state index < -0.39 is 0 Å². The molecule has 78 valence electrons. The molecule has 0 saturated carbocycles. The van der Waals surface area contributed by atoms with E-state index in [2.05, 4.69) is 25.9 Å². The minimum absolute atomic E-state index is 0.132. The number of nitrogens with zero attached hydrogens (tertiary/aromatic N) is 3. The molecule has 2 aromatic heterocycles. The zero-order valence-corrected chi connectivity index (χ0v) is 10.1. The molecule has 0 saturated heterocycles. The van der Waals surface area contributed by atoms with E-state index in [1.807, 2.05) is 11.6 Å². The Hall–Kier alpha value is -1.23. The largest absolute Gasteiger partial charge is 0.323 e. The summed E-state index contributed by atoms with van der Waals surface area (Å²) in [5, 5.41) is 0.932. The molecule has 2 aromatic rings. The summed E-state index contributed by atoms with van der Waals surface area (Å²) in [6, 6.07) is 0. The first-order valence-electron chi connectivity index (χ1n) is 4.53. The van der Waals surface area contributed by atoms with Crippen LogP contribution in [0.1, 0.15) is 12.5 Å². The van der Waals surface area contributed by atoms with Crippen LogP contribution in [0.3, 0.4) is 0 Å². The quantitative estimate of drug-likeness (QED) is 0.835. The maximum Gasteiger partial charge on any atom is 0.144 e. The molecule has 2 heterocycles. The standard InChI is InChI=1S/C10H10BrN3O/c1-6(15)3-7-8-4-12-5-13-10(8)14(2)9(7)11/h4-5H,3H2,1-2H3. The molecule has 0 N–H and O–H groups in total. The molecular formula is C10H10BrN3O. The predicted molar refractivity (Wildman–Crippen MR) is 60.6 cm³/mol. The second kappa shape index (κ2) is 3.73. The number of fused-ring (bicyclic) bond motifs is 1. The lowest BCUT2D eigenvalue weighted by Crippen LogP contribution is -1.96. The summed E-state index contributed by atoms with van der Waals surface area (Å²) in [4.78, 5) is 19.3. The SMILES string of the molecule is CC(=O)Cc1c(Br)n(C)c2ncncc12. The maximum atomic E-state index is 11.1. The van der Waals surface area contributed by atoms with Gasteiger partial charge in [0.1, 0.15) is 17.8 Å². The molecule has 0 aliphatic heterocycles. The number of aromatic nitrogens is 3. The van der Waals surface area contributed by atoms with Gasteiger partial charge in [0.25, 0.3) is 0 Å². The van der Waals surface area contributed by atoms with E-state index in [9.17, 15) is 4.79 Å². The van der Waals surface area contributed by atoms with Gasteiger partial charge in [-0.25, -0.2) is 9.97 Å². The van der Waals surface area contributed by atoms with Crippen molar-refractivity contribution in [3.63, 3.8) is 0 Å². The highest BCUT2D eigenvalue weighted by Crippen LogP contribution is 2.27. The lowest BCUT2D eigenvalue weighted by Gasteiger charge is -1.96. The van der Waals surface area contributed by atoms with Crippen LogP contribution in [0.4, 0.5) is 0 Å². The highest BCUT2D eigenvalue weighted by Gasteiger charge is 2.14. The molecular weight excluding hydrogens is 258 g/mol. The first-order valence-corrected chi connectivity index (χ1v) is 5.32. The average Bonchev–Trinajstić information content (AvgIpc) is 2.44. The summed E-state index contributed by atoms with van der Waals surface area (Å²) in [5.74, 6) is 0.132. The van der Waals surface area contributed by atoms with E-state index in [0.717, 1.165) is 21.2 Å². The van der Waals surface area contributed by atoms with Crippen LogP contribution < -0.4 is 0 Å². The Labute approximate surface area is 95.5 Å². The number of rotatable bonds is 2. The number of ketones is 1. The summed E-state index contributed by atoms with van der Waals surface area (Å²) in [5.41, 5.74) is 1.80. The molecule has 0 aliphatic rings. The van der Waals surface area contributed by atoms with Gasteiger partial charge in [-0.15, -0.1) is 0 Å². The van der Waals surface area contributed by atoms with Crippen LogP contribution >= 0.6 is 15.9 Å². The second-order valence-corrected chi connectivity index (χ2v) is 4.22. The van der Waals surface area contributed by atoms with Crippen molar-refractivity contribution in [3.8, 4) is 0 Å². The number of halogens is 1. The molecule has 2 rings (SSSR count). The molecule has 0 fully saturated rings. The van der Waals surface area contributed by atoms with E-state index >= 15 is 0 Å². The third kappa shape index (κ3) is 1.67.